The third kappa shape index (κ3) is 3.89. The Morgan fingerprint density at radius 2 is 1.28 bits per heavy atom. The van der Waals surface area contributed by atoms with Crippen molar-refractivity contribution < 1.29 is 0 Å². The lowest BCUT2D eigenvalue weighted by atomic mass is 9.39. The molecule has 0 N–H and O–H groups in total. The van der Waals surface area contributed by atoms with Gasteiger partial charge in [-0.15, -0.1) is 22.7 Å². The van der Waals surface area contributed by atoms with Gasteiger partial charge in [-0.2, -0.15) is 0 Å². The maximum atomic E-state index is 2.61. The van der Waals surface area contributed by atoms with Gasteiger partial charge in [-0.3, -0.25) is 0 Å². The molecule has 2 aromatic heterocycles. The highest BCUT2D eigenvalue weighted by atomic mass is 32.1. The lowest BCUT2D eigenvalue weighted by Crippen LogP contribution is -2.54. The van der Waals surface area contributed by atoms with Crippen LogP contribution >= 0.6 is 22.7 Å². The minimum absolute atomic E-state index is 0.158. The van der Waals surface area contributed by atoms with Crippen molar-refractivity contribution in [3.05, 3.63) is 132 Å². The maximum absolute atomic E-state index is 2.61. The van der Waals surface area contributed by atoms with Crippen LogP contribution in [0.4, 0.5) is 17.1 Å². The van der Waals surface area contributed by atoms with E-state index >= 15 is 0 Å². The summed E-state index contributed by atoms with van der Waals surface area (Å²) in [5, 5.41) is 4.13. The highest BCUT2D eigenvalue weighted by Crippen LogP contribution is 2.51. The molecule has 0 fully saturated rings. The second-order valence-electron chi connectivity index (χ2n) is 15.9. The van der Waals surface area contributed by atoms with E-state index in [-0.39, 0.29) is 17.5 Å². The number of nitrogens with zero attached hydrogens (tertiary/aromatic N) is 1. The standard InChI is InChI=1S/C46H36BNS2/c1-45(2)20-21-46(3,4)35-26-41-32(25-34(35)45)42-33-23-28(27-18-19-40-31(22-27)30-14-8-11-17-39(30)49-40)24-38-43(33)47(44(42)50-41)36-15-9-10-16-37(36)48(38)29-12-6-5-7-13-29/h5-19,22-26H,20-21H2,1-4H3. The van der Waals surface area contributed by atoms with Gasteiger partial charge in [0, 0.05) is 47.3 Å². The first-order valence-corrected chi connectivity index (χ1v) is 19.6. The molecule has 1 aliphatic carbocycles. The number of hydrogen-bond donors (Lipinski definition) is 0. The molecule has 0 radical (unpaired) electrons. The van der Waals surface area contributed by atoms with Gasteiger partial charge in [0.2, 0.25) is 0 Å². The zero-order valence-electron chi connectivity index (χ0n) is 28.8. The normalized spacial score (nSPS) is 16.5. The molecule has 0 spiro atoms. The number of anilines is 3. The number of para-hydroxylation sites is 2. The molecule has 11 rings (SSSR count). The number of thiophene rings is 2. The highest BCUT2D eigenvalue weighted by Gasteiger charge is 2.46. The van der Waals surface area contributed by atoms with Gasteiger partial charge in [0.1, 0.15) is 0 Å². The van der Waals surface area contributed by atoms with Gasteiger partial charge in [-0.1, -0.05) is 88.4 Å². The van der Waals surface area contributed by atoms with Gasteiger partial charge in [-0.25, -0.2) is 0 Å². The average molecular weight is 678 g/mol. The molecule has 6 aromatic carbocycles. The molecule has 0 unspecified atom stereocenters. The molecule has 8 aromatic rings. The molecule has 50 heavy (non-hydrogen) atoms. The first-order chi connectivity index (χ1) is 24.3. The molecule has 0 atom stereocenters. The zero-order valence-corrected chi connectivity index (χ0v) is 30.4. The molecule has 2 aliphatic heterocycles. The van der Waals surface area contributed by atoms with Crippen molar-refractivity contribution in [2.24, 2.45) is 0 Å². The topological polar surface area (TPSA) is 3.24 Å². The van der Waals surface area contributed by atoms with Crippen molar-refractivity contribution in [3.63, 3.8) is 0 Å². The van der Waals surface area contributed by atoms with Crippen molar-refractivity contribution in [2.75, 3.05) is 4.90 Å². The summed E-state index contributed by atoms with van der Waals surface area (Å²) in [6, 6.07) is 46.3. The van der Waals surface area contributed by atoms with Crippen molar-refractivity contribution in [1.29, 1.82) is 0 Å². The fourth-order valence-electron chi connectivity index (χ4n) is 9.41. The van der Waals surface area contributed by atoms with E-state index in [1.165, 1.54) is 98.1 Å². The molecule has 1 nitrogen and oxygen atoms in total. The van der Waals surface area contributed by atoms with Crippen LogP contribution in [-0.4, -0.2) is 6.71 Å². The lowest BCUT2D eigenvalue weighted by molar-refractivity contribution is 0.332. The minimum atomic E-state index is 0.158. The fraction of sp³-hybridized carbons (Fsp3) is 0.174. The summed E-state index contributed by atoms with van der Waals surface area (Å²) < 4.78 is 5.64. The quantitative estimate of drug-likeness (QED) is 0.165. The Morgan fingerprint density at radius 3 is 2.12 bits per heavy atom. The summed E-state index contributed by atoms with van der Waals surface area (Å²) in [5.74, 6) is 0. The summed E-state index contributed by atoms with van der Waals surface area (Å²) in [6.45, 7) is 10.0. The summed E-state index contributed by atoms with van der Waals surface area (Å²) in [7, 11) is 0. The van der Waals surface area contributed by atoms with E-state index in [0.717, 1.165) is 0 Å². The van der Waals surface area contributed by atoms with Crippen LogP contribution < -0.4 is 20.6 Å². The smallest absolute Gasteiger partial charge is 0.260 e. The molecule has 0 bridgehead atoms. The number of fused-ring (bicyclic) bond motifs is 11. The monoisotopic (exact) mass is 677 g/mol. The fourth-order valence-corrected chi connectivity index (χ4v) is 11.9. The average Bonchev–Trinajstić information content (AvgIpc) is 3.79. The molecular weight excluding hydrogens is 641 g/mol. The maximum Gasteiger partial charge on any atom is 0.260 e. The Balaban J connectivity index is 1.24. The Labute approximate surface area is 301 Å². The third-order valence-corrected chi connectivity index (χ3v) is 14.5. The van der Waals surface area contributed by atoms with E-state index in [1.807, 2.05) is 22.7 Å². The second-order valence-corrected chi connectivity index (χ2v) is 18.1. The Bertz CT molecular complexity index is 2730. The molecule has 4 heteroatoms. The first kappa shape index (κ1) is 29.1. The predicted molar refractivity (Wildman–Crippen MR) is 220 cm³/mol. The van der Waals surface area contributed by atoms with E-state index in [2.05, 4.69) is 154 Å². The van der Waals surface area contributed by atoms with Crippen LogP contribution in [0.5, 0.6) is 0 Å². The molecule has 240 valence electrons. The van der Waals surface area contributed by atoms with E-state index in [0.29, 0.717) is 0 Å². The summed E-state index contributed by atoms with van der Waals surface area (Å²) >= 11 is 3.93. The van der Waals surface area contributed by atoms with Crippen molar-refractivity contribution >= 4 is 92.4 Å². The van der Waals surface area contributed by atoms with Gasteiger partial charge in [0.25, 0.3) is 6.71 Å². The Hall–Kier alpha value is -4.64. The van der Waals surface area contributed by atoms with E-state index < -0.39 is 0 Å². The Kier molecular flexibility index (Phi) is 5.82. The van der Waals surface area contributed by atoms with Crippen LogP contribution in [0, 0.1) is 0 Å². The number of benzene rings is 6. The zero-order chi connectivity index (χ0) is 33.5. The van der Waals surface area contributed by atoms with Gasteiger partial charge in [0.15, 0.2) is 0 Å². The van der Waals surface area contributed by atoms with Gasteiger partial charge in [-0.05, 0) is 133 Å². The lowest BCUT2D eigenvalue weighted by Gasteiger charge is -2.42. The predicted octanol–water partition coefficient (Wildman–Crippen LogP) is 11.6. The van der Waals surface area contributed by atoms with Gasteiger partial charge in [0.05, 0.1) is 0 Å². The molecule has 0 saturated heterocycles. The minimum Gasteiger partial charge on any atom is -0.311 e. The van der Waals surface area contributed by atoms with E-state index in [9.17, 15) is 0 Å². The summed E-state index contributed by atoms with van der Waals surface area (Å²) in [6.07, 6.45) is 2.45. The van der Waals surface area contributed by atoms with Crippen LogP contribution in [0.3, 0.4) is 0 Å². The SMILES string of the molecule is CC1(C)CCC(C)(C)c2cc3c4c(sc3cc21)B1c2ccccc2N(c2ccccc2)c2cc(-c3ccc5sc6ccccc6c5c3)cc-4c21. The van der Waals surface area contributed by atoms with Crippen molar-refractivity contribution in [3.8, 4) is 22.3 Å². The van der Waals surface area contributed by atoms with Crippen molar-refractivity contribution in [1.82, 2.24) is 0 Å². The van der Waals surface area contributed by atoms with Crippen LogP contribution in [0.25, 0.3) is 52.5 Å². The number of hydrogen-bond acceptors (Lipinski definition) is 3. The molecule has 4 heterocycles. The van der Waals surface area contributed by atoms with E-state index in [1.54, 1.807) is 11.1 Å². The van der Waals surface area contributed by atoms with Gasteiger partial charge >= 0.3 is 0 Å². The summed E-state index contributed by atoms with van der Waals surface area (Å²) in [5.41, 5.74) is 15.5. The highest BCUT2D eigenvalue weighted by molar-refractivity contribution is 7.34. The molecular formula is C46H36BNS2. The largest absolute Gasteiger partial charge is 0.311 e. The van der Waals surface area contributed by atoms with Crippen LogP contribution in [0.1, 0.15) is 51.7 Å². The molecule has 0 amide bonds. The number of rotatable bonds is 2. The van der Waals surface area contributed by atoms with Crippen LogP contribution in [0.15, 0.2) is 121 Å². The van der Waals surface area contributed by atoms with Gasteiger partial charge < -0.3 is 4.90 Å². The second kappa shape index (κ2) is 9.99. The van der Waals surface area contributed by atoms with Crippen molar-refractivity contribution in [2.45, 2.75) is 51.4 Å². The molecule has 0 saturated carbocycles. The Morgan fingerprint density at radius 1 is 0.560 bits per heavy atom. The first-order valence-electron chi connectivity index (χ1n) is 17.9. The molecule has 3 aliphatic rings. The van der Waals surface area contributed by atoms with Crippen LogP contribution in [0.2, 0.25) is 0 Å². The summed E-state index contributed by atoms with van der Waals surface area (Å²) in [4.78, 5) is 2.53. The van der Waals surface area contributed by atoms with E-state index in [4.69, 9.17) is 0 Å². The van der Waals surface area contributed by atoms with Crippen LogP contribution in [-0.2, 0) is 10.8 Å². The third-order valence-electron chi connectivity index (χ3n) is 12.1.